The van der Waals surface area contributed by atoms with Gasteiger partial charge in [-0.05, 0) is 39.0 Å². The summed E-state index contributed by atoms with van der Waals surface area (Å²) in [6.45, 7) is 11.2. The Bertz CT molecular complexity index is 330. The molecule has 0 aliphatic heterocycles. The van der Waals surface area contributed by atoms with E-state index in [9.17, 15) is 9.59 Å². The Kier molecular flexibility index (Phi) is 9.01. The third-order valence-corrected chi connectivity index (χ3v) is 3.03. The van der Waals surface area contributed by atoms with Crippen LogP contribution in [0.3, 0.4) is 0 Å². The van der Waals surface area contributed by atoms with Crippen molar-refractivity contribution in [2.24, 2.45) is 11.8 Å². The number of nitrogens with one attached hydrogen (secondary N) is 2. The second-order valence-corrected chi connectivity index (χ2v) is 6.35. The van der Waals surface area contributed by atoms with Crippen molar-refractivity contribution < 1.29 is 19.4 Å². The molecule has 6 nitrogen and oxygen atoms in total. The van der Waals surface area contributed by atoms with E-state index in [1.54, 1.807) is 0 Å². The zero-order valence-electron chi connectivity index (χ0n) is 13.9. The summed E-state index contributed by atoms with van der Waals surface area (Å²) in [5.74, 6) is -0.482. The van der Waals surface area contributed by atoms with Gasteiger partial charge >= 0.3 is 12.0 Å². The monoisotopic (exact) mass is 302 g/mol. The molecule has 0 aromatic rings. The Hall–Kier alpha value is -1.30. The lowest BCUT2D eigenvalue weighted by molar-refractivity contribution is -0.138. The van der Waals surface area contributed by atoms with Crippen molar-refractivity contribution in [2.75, 3.05) is 19.7 Å². The summed E-state index contributed by atoms with van der Waals surface area (Å²) >= 11 is 0. The molecule has 0 aliphatic carbocycles. The number of carboxylic acids is 1. The van der Waals surface area contributed by atoms with E-state index in [0.717, 1.165) is 6.42 Å². The molecule has 0 radical (unpaired) electrons. The first-order valence-electron chi connectivity index (χ1n) is 7.53. The molecular weight excluding hydrogens is 272 g/mol. The Morgan fingerprint density at radius 2 is 1.86 bits per heavy atom. The molecule has 0 aromatic heterocycles. The fourth-order valence-electron chi connectivity index (χ4n) is 2.19. The third-order valence-electron chi connectivity index (χ3n) is 3.03. The highest BCUT2D eigenvalue weighted by Crippen LogP contribution is 2.14. The van der Waals surface area contributed by atoms with Crippen molar-refractivity contribution in [3.05, 3.63) is 0 Å². The van der Waals surface area contributed by atoms with E-state index in [4.69, 9.17) is 9.84 Å². The molecular formula is C15H30N2O4. The van der Waals surface area contributed by atoms with Gasteiger partial charge in [0.15, 0.2) is 0 Å². The molecule has 124 valence electrons. The average Bonchev–Trinajstić information content (AvgIpc) is 2.32. The first kappa shape index (κ1) is 19.7. The van der Waals surface area contributed by atoms with Gasteiger partial charge in [-0.25, -0.2) is 4.79 Å². The molecule has 0 spiro atoms. The first-order valence-corrected chi connectivity index (χ1v) is 7.53. The fraction of sp³-hybridized carbons (Fsp3) is 0.867. The van der Waals surface area contributed by atoms with Crippen LogP contribution in [0.5, 0.6) is 0 Å². The lowest BCUT2D eigenvalue weighted by Crippen LogP contribution is -2.45. The van der Waals surface area contributed by atoms with Crippen LogP contribution in [0.1, 0.15) is 47.5 Å². The molecule has 6 heteroatoms. The van der Waals surface area contributed by atoms with E-state index in [0.29, 0.717) is 25.6 Å². The van der Waals surface area contributed by atoms with Crippen LogP contribution in [0, 0.1) is 11.8 Å². The van der Waals surface area contributed by atoms with Gasteiger partial charge in [0.2, 0.25) is 0 Å². The van der Waals surface area contributed by atoms with Crippen LogP contribution < -0.4 is 10.6 Å². The van der Waals surface area contributed by atoms with E-state index in [-0.39, 0.29) is 18.4 Å². The quantitative estimate of drug-likeness (QED) is 0.577. The van der Waals surface area contributed by atoms with E-state index in [1.807, 2.05) is 34.6 Å². The van der Waals surface area contributed by atoms with Gasteiger partial charge in [-0.2, -0.15) is 0 Å². The van der Waals surface area contributed by atoms with Crippen LogP contribution in [0.15, 0.2) is 0 Å². The highest BCUT2D eigenvalue weighted by molar-refractivity contribution is 5.74. The molecule has 0 aliphatic rings. The molecule has 0 saturated heterocycles. The van der Waals surface area contributed by atoms with Crippen LogP contribution in [0.2, 0.25) is 0 Å². The predicted octanol–water partition coefficient (Wildman–Crippen LogP) is 2.24. The summed E-state index contributed by atoms with van der Waals surface area (Å²) in [5.41, 5.74) is -0.412. The van der Waals surface area contributed by atoms with E-state index in [2.05, 4.69) is 10.6 Å². The molecule has 21 heavy (non-hydrogen) atoms. The average molecular weight is 302 g/mol. The standard InChI is InChI=1S/C15H30N2O4/c1-6-21-15(4,5)10-17-14(20)16-9-12(7-11(2)3)8-13(18)19/h11-12H,6-10H2,1-5H3,(H,18,19)(H2,16,17,20). The number of hydrogen-bond donors (Lipinski definition) is 3. The number of carbonyl (C=O) groups excluding carboxylic acids is 1. The maximum Gasteiger partial charge on any atom is 0.314 e. The molecule has 0 aromatic carbocycles. The van der Waals surface area contributed by atoms with Gasteiger partial charge < -0.3 is 20.5 Å². The maximum atomic E-state index is 11.7. The summed E-state index contributed by atoms with van der Waals surface area (Å²) in [4.78, 5) is 22.6. The Morgan fingerprint density at radius 1 is 1.24 bits per heavy atom. The number of ether oxygens (including phenoxy) is 1. The Balaban J connectivity index is 4.15. The Labute approximate surface area is 127 Å². The number of hydrogen-bond acceptors (Lipinski definition) is 3. The molecule has 0 fully saturated rings. The van der Waals surface area contributed by atoms with Gasteiger partial charge in [-0.3, -0.25) is 4.79 Å². The van der Waals surface area contributed by atoms with Gasteiger partial charge in [0.05, 0.1) is 5.60 Å². The molecule has 1 unspecified atom stereocenters. The highest BCUT2D eigenvalue weighted by atomic mass is 16.5. The minimum atomic E-state index is -0.833. The SMILES string of the molecule is CCOC(C)(C)CNC(=O)NCC(CC(=O)O)CC(C)C. The molecule has 0 heterocycles. The van der Waals surface area contributed by atoms with Crippen LogP contribution >= 0.6 is 0 Å². The smallest absolute Gasteiger partial charge is 0.314 e. The lowest BCUT2D eigenvalue weighted by Gasteiger charge is -2.25. The minimum absolute atomic E-state index is 0.0480. The summed E-state index contributed by atoms with van der Waals surface area (Å²) in [6, 6.07) is -0.290. The summed E-state index contributed by atoms with van der Waals surface area (Å²) in [5, 5.41) is 14.4. The van der Waals surface area contributed by atoms with Crippen molar-refractivity contribution in [1.82, 2.24) is 10.6 Å². The second-order valence-electron chi connectivity index (χ2n) is 6.35. The minimum Gasteiger partial charge on any atom is -0.481 e. The summed E-state index contributed by atoms with van der Waals surface area (Å²) in [7, 11) is 0. The number of urea groups is 1. The van der Waals surface area contributed by atoms with Crippen LogP contribution in [-0.4, -0.2) is 42.4 Å². The molecule has 2 amide bonds. The van der Waals surface area contributed by atoms with E-state index in [1.165, 1.54) is 0 Å². The van der Waals surface area contributed by atoms with Crippen molar-refractivity contribution >= 4 is 12.0 Å². The number of aliphatic carboxylic acids is 1. The second kappa shape index (κ2) is 9.60. The summed E-state index contributed by atoms with van der Waals surface area (Å²) < 4.78 is 5.49. The highest BCUT2D eigenvalue weighted by Gasteiger charge is 2.19. The molecule has 0 bridgehead atoms. The third kappa shape index (κ3) is 11.1. The van der Waals surface area contributed by atoms with E-state index < -0.39 is 11.6 Å². The van der Waals surface area contributed by atoms with Crippen LogP contribution in [0.25, 0.3) is 0 Å². The van der Waals surface area contributed by atoms with Gasteiger partial charge in [0.25, 0.3) is 0 Å². The van der Waals surface area contributed by atoms with Gasteiger partial charge in [0, 0.05) is 26.1 Å². The summed E-state index contributed by atoms with van der Waals surface area (Å²) in [6.07, 6.45) is 0.847. The van der Waals surface area contributed by atoms with E-state index >= 15 is 0 Å². The van der Waals surface area contributed by atoms with Gasteiger partial charge in [-0.15, -0.1) is 0 Å². The van der Waals surface area contributed by atoms with Gasteiger partial charge in [0.1, 0.15) is 0 Å². The zero-order chi connectivity index (χ0) is 16.5. The van der Waals surface area contributed by atoms with Crippen LogP contribution in [-0.2, 0) is 9.53 Å². The largest absolute Gasteiger partial charge is 0.481 e. The van der Waals surface area contributed by atoms with Gasteiger partial charge in [-0.1, -0.05) is 13.8 Å². The number of carboxylic acid groups (broad SMARTS) is 1. The topological polar surface area (TPSA) is 87.7 Å². The van der Waals surface area contributed by atoms with Crippen molar-refractivity contribution in [2.45, 2.75) is 53.1 Å². The van der Waals surface area contributed by atoms with Crippen molar-refractivity contribution in [3.63, 3.8) is 0 Å². The molecule has 0 saturated carbocycles. The maximum absolute atomic E-state index is 11.7. The first-order chi connectivity index (χ1) is 9.66. The van der Waals surface area contributed by atoms with Crippen molar-refractivity contribution in [3.8, 4) is 0 Å². The zero-order valence-corrected chi connectivity index (χ0v) is 13.9. The number of carbonyl (C=O) groups is 2. The Morgan fingerprint density at radius 3 is 2.33 bits per heavy atom. The predicted molar refractivity (Wildman–Crippen MR) is 82.3 cm³/mol. The normalized spacial score (nSPS) is 13.0. The fourth-order valence-corrected chi connectivity index (χ4v) is 2.19. The lowest BCUT2D eigenvalue weighted by atomic mass is 9.94. The molecule has 1 atom stereocenters. The van der Waals surface area contributed by atoms with Crippen molar-refractivity contribution in [1.29, 1.82) is 0 Å². The van der Waals surface area contributed by atoms with Crippen LogP contribution in [0.4, 0.5) is 4.79 Å². The molecule has 3 N–H and O–H groups in total. The molecule has 0 rings (SSSR count). The number of amides is 2. The number of rotatable bonds is 10.